The molecule has 1 amide bonds. The number of rotatable bonds is 6. The lowest BCUT2D eigenvalue weighted by atomic mass is 9.73. The van der Waals surface area contributed by atoms with E-state index in [9.17, 15) is 13.2 Å². The van der Waals surface area contributed by atoms with Crippen LogP contribution in [0.1, 0.15) is 39.8 Å². The first kappa shape index (κ1) is 29.2. The summed E-state index contributed by atoms with van der Waals surface area (Å²) in [6.07, 6.45) is 1.55. The number of para-hydroxylation sites is 1. The van der Waals surface area contributed by atoms with Crippen LogP contribution < -0.4 is 9.62 Å². The van der Waals surface area contributed by atoms with Crippen molar-refractivity contribution < 1.29 is 13.2 Å². The minimum absolute atomic E-state index is 0.146. The smallest absolute Gasteiger partial charge is 0.260 e. The monoisotopic (exact) mass is 659 g/mol. The van der Waals surface area contributed by atoms with Gasteiger partial charge < -0.3 is 4.90 Å². The molecular formula is C34H27Cl2N3O3S2. The van der Waals surface area contributed by atoms with Gasteiger partial charge in [-0.25, -0.2) is 8.42 Å². The second-order valence-corrected chi connectivity index (χ2v) is 15.0. The standard InChI is InChI=1S/C34H27Cl2N3O3S2/c1-44(41,42)38-27-19-29(22-11-15-24(35)16-12-22)43-32-30(27)31(23-13-17-25(36)18-14-23)34(37-32)26-9-5-6-10-28(26)39(33(34)40)20-21-7-3-2-4-8-21/h2-18,29,31,38H,19-20H2,1H3/t29-,31+,34-/m0/s1. The quantitative estimate of drug-likeness (QED) is 0.231. The number of allylic oxidation sites excluding steroid dienone is 1. The van der Waals surface area contributed by atoms with Crippen LogP contribution in [0, 0.1) is 0 Å². The van der Waals surface area contributed by atoms with E-state index in [-0.39, 0.29) is 11.2 Å². The summed E-state index contributed by atoms with van der Waals surface area (Å²) >= 11 is 14.1. The van der Waals surface area contributed by atoms with Gasteiger partial charge in [0.25, 0.3) is 5.91 Å². The number of thioether (sulfide) groups is 1. The predicted molar refractivity (Wildman–Crippen MR) is 179 cm³/mol. The summed E-state index contributed by atoms with van der Waals surface area (Å²) in [4.78, 5) is 22.1. The molecule has 10 heteroatoms. The molecule has 0 aromatic heterocycles. The third-order valence-electron chi connectivity index (χ3n) is 8.30. The van der Waals surface area contributed by atoms with E-state index < -0.39 is 21.5 Å². The van der Waals surface area contributed by atoms with Crippen LogP contribution in [0.2, 0.25) is 10.0 Å². The maximum Gasteiger partial charge on any atom is 0.260 e. The Labute approximate surface area is 270 Å². The number of carbonyl (C=O) groups excluding carboxylic acids is 1. The molecular weight excluding hydrogens is 633 g/mol. The molecule has 1 N–H and O–H groups in total. The number of hydrogen-bond acceptors (Lipinski definition) is 5. The van der Waals surface area contributed by atoms with Crippen LogP contribution in [-0.4, -0.2) is 25.6 Å². The number of hydrogen-bond donors (Lipinski definition) is 1. The first-order chi connectivity index (χ1) is 21.1. The highest BCUT2D eigenvalue weighted by Gasteiger charge is 2.62. The van der Waals surface area contributed by atoms with Crippen LogP contribution in [0.25, 0.3) is 0 Å². The van der Waals surface area contributed by atoms with Gasteiger partial charge in [-0.15, -0.1) is 0 Å². The van der Waals surface area contributed by atoms with E-state index in [1.807, 2.05) is 91.0 Å². The molecule has 0 unspecified atom stereocenters. The van der Waals surface area contributed by atoms with Gasteiger partial charge in [0.05, 0.1) is 29.4 Å². The Morgan fingerprint density at radius 2 is 1.50 bits per heavy atom. The zero-order valence-electron chi connectivity index (χ0n) is 23.6. The molecule has 1 spiro atoms. The van der Waals surface area contributed by atoms with E-state index in [4.69, 9.17) is 28.2 Å². The highest BCUT2D eigenvalue weighted by atomic mass is 35.5. The molecule has 222 valence electrons. The Morgan fingerprint density at radius 3 is 2.16 bits per heavy atom. The summed E-state index contributed by atoms with van der Waals surface area (Å²) in [5.74, 6) is -0.744. The molecule has 0 saturated carbocycles. The van der Waals surface area contributed by atoms with E-state index in [1.165, 1.54) is 0 Å². The second-order valence-electron chi connectivity index (χ2n) is 11.2. The van der Waals surface area contributed by atoms with Crippen molar-refractivity contribution >= 4 is 61.6 Å². The van der Waals surface area contributed by atoms with Crippen molar-refractivity contribution in [3.63, 3.8) is 0 Å². The van der Waals surface area contributed by atoms with Gasteiger partial charge in [-0.3, -0.25) is 14.5 Å². The zero-order chi connectivity index (χ0) is 30.6. The van der Waals surface area contributed by atoms with E-state index in [1.54, 1.807) is 28.8 Å². The lowest BCUT2D eigenvalue weighted by Crippen LogP contribution is -2.42. The summed E-state index contributed by atoms with van der Waals surface area (Å²) in [7, 11) is -3.66. The topological polar surface area (TPSA) is 78.8 Å². The molecule has 0 saturated heterocycles. The fourth-order valence-corrected chi connectivity index (χ4v) is 8.77. The van der Waals surface area contributed by atoms with Gasteiger partial charge in [-0.05, 0) is 47.0 Å². The summed E-state index contributed by atoms with van der Waals surface area (Å²) in [5, 5.41) is 1.68. The number of carbonyl (C=O) groups is 1. The molecule has 3 heterocycles. The fourth-order valence-electron chi connectivity index (χ4n) is 6.50. The number of fused-ring (bicyclic) bond motifs is 3. The number of aliphatic imine (C=N–C) groups is 1. The molecule has 4 aromatic rings. The highest BCUT2D eigenvalue weighted by Crippen LogP contribution is 2.61. The van der Waals surface area contributed by atoms with Crippen molar-refractivity contribution in [2.45, 2.75) is 29.7 Å². The molecule has 0 radical (unpaired) electrons. The Bertz CT molecular complexity index is 1950. The number of benzene rings is 4. The molecule has 3 aliphatic heterocycles. The Balaban J connectivity index is 1.46. The number of amides is 1. The van der Waals surface area contributed by atoms with Crippen LogP contribution >= 0.6 is 35.0 Å². The Kier molecular flexibility index (Phi) is 7.36. The van der Waals surface area contributed by atoms with E-state index >= 15 is 0 Å². The summed E-state index contributed by atoms with van der Waals surface area (Å²) in [6.45, 7) is 0.380. The molecule has 0 fully saturated rings. The van der Waals surface area contributed by atoms with Crippen LogP contribution in [0.5, 0.6) is 0 Å². The normalized spacial score (nSPS) is 22.7. The number of sulfonamides is 1. The third-order valence-corrected chi connectivity index (χ3v) is 10.7. The van der Waals surface area contributed by atoms with E-state index in [0.29, 0.717) is 33.8 Å². The summed E-state index contributed by atoms with van der Waals surface area (Å²) in [5.41, 5.74) is 4.31. The van der Waals surface area contributed by atoms with Crippen molar-refractivity contribution in [1.82, 2.24) is 4.72 Å². The molecule has 44 heavy (non-hydrogen) atoms. The van der Waals surface area contributed by atoms with Crippen LogP contribution in [-0.2, 0) is 26.9 Å². The van der Waals surface area contributed by atoms with Gasteiger partial charge in [0, 0.05) is 38.5 Å². The van der Waals surface area contributed by atoms with Crippen molar-refractivity contribution in [3.8, 4) is 0 Å². The van der Waals surface area contributed by atoms with Crippen molar-refractivity contribution in [2.75, 3.05) is 11.2 Å². The average Bonchev–Trinajstić information content (AvgIpc) is 3.47. The predicted octanol–water partition coefficient (Wildman–Crippen LogP) is 7.61. The molecule has 0 bridgehead atoms. The van der Waals surface area contributed by atoms with Crippen molar-refractivity contribution in [1.29, 1.82) is 0 Å². The largest absolute Gasteiger partial charge is 0.305 e. The molecule has 0 aliphatic carbocycles. The number of nitrogens with one attached hydrogen (secondary N) is 1. The average molecular weight is 661 g/mol. The number of halogens is 2. The van der Waals surface area contributed by atoms with Crippen LogP contribution in [0.15, 0.2) is 119 Å². The molecule has 3 atom stereocenters. The number of nitrogens with zero attached hydrogens (tertiary/aromatic N) is 2. The lowest BCUT2D eigenvalue weighted by molar-refractivity contribution is -0.123. The SMILES string of the molecule is CS(=O)(=O)NC1=C2C(=N[C@]3(C(=O)N(Cc4ccccc4)c4ccccc43)[C@@H]2c2ccc(Cl)cc2)S[C@H](c2ccc(Cl)cc2)C1. The summed E-state index contributed by atoms with van der Waals surface area (Å²) in [6, 6.07) is 32.6. The third kappa shape index (κ3) is 5.04. The fraction of sp³-hybridized carbons (Fsp3) is 0.176. The van der Waals surface area contributed by atoms with Gasteiger partial charge in [0.15, 0.2) is 5.54 Å². The maximum atomic E-state index is 15.0. The van der Waals surface area contributed by atoms with Crippen LogP contribution in [0.4, 0.5) is 5.69 Å². The highest BCUT2D eigenvalue weighted by molar-refractivity contribution is 8.14. The second kappa shape index (κ2) is 11.1. The molecule has 7 rings (SSSR count). The van der Waals surface area contributed by atoms with E-state index in [0.717, 1.165) is 39.8 Å². The molecule has 6 nitrogen and oxygen atoms in total. The lowest BCUT2D eigenvalue weighted by Gasteiger charge is -2.32. The van der Waals surface area contributed by atoms with Gasteiger partial charge in [0.1, 0.15) is 0 Å². The van der Waals surface area contributed by atoms with Gasteiger partial charge >= 0.3 is 0 Å². The van der Waals surface area contributed by atoms with Crippen molar-refractivity contribution in [2.24, 2.45) is 4.99 Å². The number of anilines is 1. The Morgan fingerprint density at radius 1 is 0.886 bits per heavy atom. The van der Waals surface area contributed by atoms with E-state index in [2.05, 4.69) is 4.72 Å². The molecule has 4 aromatic carbocycles. The van der Waals surface area contributed by atoms with Crippen molar-refractivity contribution in [3.05, 3.63) is 147 Å². The zero-order valence-corrected chi connectivity index (χ0v) is 26.7. The summed E-state index contributed by atoms with van der Waals surface area (Å²) < 4.78 is 28.4. The maximum absolute atomic E-state index is 15.0. The first-order valence-electron chi connectivity index (χ1n) is 14.1. The molecule has 3 aliphatic rings. The Hall–Kier alpha value is -3.56. The van der Waals surface area contributed by atoms with Gasteiger partial charge in [-0.2, -0.15) is 0 Å². The van der Waals surface area contributed by atoms with Gasteiger partial charge in [-0.1, -0.05) is 108 Å². The minimum atomic E-state index is -3.66. The van der Waals surface area contributed by atoms with Crippen LogP contribution in [0.3, 0.4) is 0 Å². The minimum Gasteiger partial charge on any atom is -0.305 e. The first-order valence-corrected chi connectivity index (χ1v) is 17.6. The van der Waals surface area contributed by atoms with Gasteiger partial charge in [0.2, 0.25) is 10.0 Å².